The largest absolute Gasteiger partial charge is 0.465 e. The fourth-order valence-electron chi connectivity index (χ4n) is 4.27. The molecule has 0 radical (unpaired) electrons. The lowest BCUT2D eigenvalue weighted by atomic mass is 9.97. The van der Waals surface area contributed by atoms with E-state index in [4.69, 9.17) is 10.1 Å². The van der Waals surface area contributed by atoms with Crippen molar-refractivity contribution >= 4 is 71.8 Å². The van der Waals surface area contributed by atoms with E-state index < -0.39 is 16.3 Å². The van der Waals surface area contributed by atoms with Crippen LogP contribution >= 0.6 is 38.5 Å². The molecule has 0 spiro atoms. The average molecular weight is 599 g/mol. The molecule has 2 aliphatic heterocycles. The Labute approximate surface area is 190 Å². The van der Waals surface area contributed by atoms with E-state index in [1.54, 1.807) is 0 Å². The number of carboxylic acid groups (broad SMARTS) is 1. The third kappa shape index (κ3) is 3.59. The number of piperidine rings is 1. The van der Waals surface area contributed by atoms with Crippen LogP contribution in [-0.4, -0.2) is 70.1 Å². The highest BCUT2D eigenvalue weighted by Crippen LogP contribution is 2.41. The van der Waals surface area contributed by atoms with Crippen molar-refractivity contribution in [3.63, 3.8) is 0 Å². The molecule has 2 fully saturated rings. The monoisotopic (exact) mass is 598 g/mol. The SMILES string of the molecule is CN(C)S(=O)(=O)n1cc(I)c2nc(Br)c(N3[C@@H]4CC[C@H]3C[C@@H](NC(=O)O)C4)nc21. The van der Waals surface area contributed by atoms with Gasteiger partial charge in [-0.05, 0) is 64.2 Å². The van der Waals surface area contributed by atoms with E-state index in [9.17, 15) is 13.2 Å². The molecule has 0 aliphatic carbocycles. The number of hydrogen-bond acceptors (Lipinski definition) is 6. The lowest BCUT2D eigenvalue weighted by molar-refractivity contribution is 0.185. The van der Waals surface area contributed by atoms with Crippen LogP contribution in [0.3, 0.4) is 0 Å². The number of anilines is 1. The lowest BCUT2D eigenvalue weighted by Gasteiger charge is -2.39. The maximum atomic E-state index is 12.7. The van der Waals surface area contributed by atoms with Crippen molar-refractivity contribution in [2.24, 2.45) is 0 Å². The van der Waals surface area contributed by atoms with E-state index in [0.717, 1.165) is 21.1 Å². The van der Waals surface area contributed by atoms with Gasteiger partial charge in [0.25, 0.3) is 0 Å². The summed E-state index contributed by atoms with van der Waals surface area (Å²) in [5.41, 5.74) is 0.799. The molecule has 0 unspecified atom stereocenters. The van der Waals surface area contributed by atoms with Gasteiger partial charge in [0, 0.05) is 38.4 Å². The van der Waals surface area contributed by atoms with Crippen LogP contribution in [0.15, 0.2) is 10.8 Å². The van der Waals surface area contributed by atoms with Gasteiger partial charge >= 0.3 is 16.3 Å². The maximum absolute atomic E-state index is 12.7. The first-order valence-electron chi connectivity index (χ1n) is 9.04. The molecule has 158 valence electrons. The number of rotatable bonds is 4. The van der Waals surface area contributed by atoms with Crippen molar-refractivity contribution < 1.29 is 18.3 Å². The molecule has 0 aromatic carbocycles. The van der Waals surface area contributed by atoms with Gasteiger partial charge in [-0.1, -0.05) is 0 Å². The first kappa shape index (κ1) is 21.1. The van der Waals surface area contributed by atoms with Crippen LogP contribution in [-0.2, 0) is 10.2 Å². The van der Waals surface area contributed by atoms with Crippen LogP contribution in [0.25, 0.3) is 11.2 Å². The smallest absolute Gasteiger partial charge is 0.404 e. The van der Waals surface area contributed by atoms with E-state index in [2.05, 4.69) is 53.7 Å². The van der Waals surface area contributed by atoms with Crippen molar-refractivity contribution in [1.29, 1.82) is 0 Å². The number of nitrogens with one attached hydrogen (secondary N) is 1. The normalized spacial score (nSPS) is 24.4. The minimum Gasteiger partial charge on any atom is -0.465 e. The highest BCUT2D eigenvalue weighted by atomic mass is 127. The average Bonchev–Trinajstić information content (AvgIpc) is 3.08. The molecular weight excluding hydrogens is 579 g/mol. The quantitative estimate of drug-likeness (QED) is 0.518. The van der Waals surface area contributed by atoms with Gasteiger partial charge in [-0.3, -0.25) is 0 Å². The summed E-state index contributed by atoms with van der Waals surface area (Å²) < 4.78 is 29.0. The highest BCUT2D eigenvalue weighted by Gasteiger charge is 2.43. The fraction of sp³-hybridized carbons (Fsp3) is 0.562. The summed E-state index contributed by atoms with van der Waals surface area (Å²) in [5.74, 6) is 0.600. The molecule has 3 atom stereocenters. The van der Waals surface area contributed by atoms with Gasteiger partial charge in [0.05, 0.1) is 3.57 Å². The Bertz CT molecular complexity index is 1080. The van der Waals surface area contributed by atoms with E-state index >= 15 is 0 Å². The van der Waals surface area contributed by atoms with Crippen LogP contribution in [0.1, 0.15) is 25.7 Å². The highest BCUT2D eigenvalue weighted by molar-refractivity contribution is 14.1. The van der Waals surface area contributed by atoms with Gasteiger partial charge in [-0.2, -0.15) is 12.7 Å². The van der Waals surface area contributed by atoms with Gasteiger partial charge < -0.3 is 15.3 Å². The number of nitrogens with zero attached hydrogens (tertiary/aromatic N) is 5. The third-order valence-electron chi connectivity index (χ3n) is 5.50. The topological polar surface area (TPSA) is 121 Å². The van der Waals surface area contributed by atoms with E-state index in [-0.39, 0.29) is 23.8 Å². The summed E-state index contributed by atoms with van der Waals surface area (Å²) in [6, 6.07) is 0.166. The number of amides is 1. The van der Waals surface area contributed by atoms with Crippen LogP contribution in [0.2, 0.25) is 0 Å². The Kier molecular flexibility index (Phi) is 5.44. The molecule has 2 aromatic heterocycles. The molecule has 10 nitrogen and oxygen atoms in total. The molecule has 4 heterocycles. The zero-order chi connectivity index (χ0) is 21.1. The summed E-state index contributed by atoms with van der Waals surface area (Å²) in [7, 11) is -0.795. The molecule has 13 heteroatoms. The first-order valence-corrected chi connectivity index (χ1v) is 12.3. The molecule has 2 aliphatic rings. The molecule has 4 rings (SSSR count). The maximum Gasteiger partial charge on any atom is 0.404 e. The van der Waals surface area contributed by atoms with E-state index in [1.165, 1.54) is 20.3 Å². The van der Waals surface area contributed by atoms with Gasteiger partial charge in [0.1, 0.15) is 10.1 Å². The lowest BCUT2D eigenvalue weighted by Crippen LogP contribution is -2.50. The Morgan fingerprint density at radius 2 is 1.93 bits per heavy atom. The first-order chi connectivity index (χ1) is 13.6. The van der Waals surface area contributed by atoms with Crippen LogP contribution in [0.4, 0.5) is 10.6 Å². The zero-order valence-electron chi connectivity index (χ0n) is 15.7. The van der Waals surface area contributed by atoms with Gasteiger partial charge in [0.15, 0.2) is 11.5 Å². The van der Waals surface area contributed by atoms with Crippen LogP contribution in [0.5, 0.6) is 0 Å². The number of carbonyl (C=O) groups is 1. The molecule has 2 bridgehead atoms. The molecule has 2 N–H and O–H groups in total. The van der Waals surface area contributed by atoms with Crippen molar-refractivity contribution in [2.45, 2.75) is 43.8 Å². The second-order valence-electron chi connectivity index (χ2n) is 7.48. The predicted molar refractivity (Wildman–Crippen MR) is 119 cm³/mol. The van der Waals surface area contributed by atoms with Crippen LogP contribution in [0, 0.1) is 3.57 Å². The third-order valence-corrected chi connectivity index (χ3v) is 8.52. The van der Waals surface area contributed by atoms with Crippen molar-refractivity contribution in [1.82, 2.24) is 23.6 Å². The molecule has 1 amide bonds. The number of halogens is 2. The van der Waals surface area contributed by atoms with Crippen molar-refractivity contribution in [2.75, 3.05) is 19.0 Å². The number of hydrogen-bond donors (Lipinski definition) is 2. The number of aromatic nitrogens is 3. The summed E-state index contributed by atoms with van der Waals surface area (Å²) in [5, 5.41) is 11.6. The Morgan fingerprint density at radius 3 is 2.48 bits per heavy atom. The molecule has 2 aromatic rings. The van der Waals surface area contributed by atoms with E-state index in [1.807, 2.05) is 0 Å². The Balaban J connectivity index is 1.78. The fourth-order valence-corrected chi connectivity index (χ4v) is 6.50. The second-order valence-corrected chi connectivity index (χ2v) is 11.4. The summed E-state index contributed by atoms with van der Waals surface area (Å²) in [6.45, 7) is 0. The Morgan fingerprint density at radius 1 is 1.31 bits per heavy atom. The van der Waals surface area contributed by atoms with E-state index in [0.29, 0.717) is 32.3 Å². The zero-order valence-corrected chi connectivity index (χ0v) is 20.3. The summed E-state index contributed by atoms with van der Waals surface area (Å²) >= 11 is 5.57. The Hall–Kier alpha value is -1.19. The van der Waals surface area contributed by atoms with Crippen molar-refractivity contribution in [3.8, 4) is 0 Å². The van der Waals surface area contributed by atoms with Crippen LogP contribution < -0.4 is 10.2 Å². The summed E-state index contributed by atoms with van der Waals surface area (Å²) in [6.07, 6.45) is 3.75. The standard InChI is InChI=1S/C16H20BrIN6O4S/c1-22(2)29(27,28)23-7-11(18)12-14(23)21-15(13(17)20-12)24-9-3-4-10(24)6-8(5-9)19-16(25)26/h7-10,19H,3-6H2,1-2H3,(H,25,26)/t8-,9+,10-. The minimum atomic E-state index is -3.74. The molecule has 2 saturated heterocycles. The molecular formula is C16H20BrIN6O4S. The van der Waals surface area contributed by atoms with Gasteiger partial charge in [-0.15, -0.1) is 0 Å². The number of fused-ring (bicyclic) bond motifs is 3. The predicted octanol–water partition coefficient (Wildman–Crippen LogP) is 2.22. The molecule has 0 saturated carbocycles. The molecule has 29 heavy (non-hydrogen) atoms. The van der Waals surface area contributed by atoms with Crippen molar-refractivity contribution in [3.05, 3.63) is 14.4 Å². The second kappa shape index (κ2) is 7.50. The van der Waals surface area contributed by atoms with Gasteiger partial charge in [0.2, 0.25) is 0 Å². The van der Waals surface area contributed by atoms with Gasteiger partial charge in [-0.25, -0.2) is 18.7 Å². The summed E-state index contributed by atoms with van der Waals surface area (Å²) in [4.78, 5) is 22.5. The minimum absolute atomic E-state index is 0.0874.